The highest BCUT2D eigenvalue weighted by atomic mass is 16.5. The number of fused-ring (bicyclic) bond motifs is 1. The SMILES string of the molecule is CC(=O)Nc1ccc(OC(=O)c2ccc(/C=C/c3cc4c(cc3Cn3cccn3)C(C)(C)CCC4(C)C)cc2)cc1. The predicted molar refractivity (Wildman–Crippen MR) is 164 cm³/mol. The molecule has 41 heavy (non-hydrogen) atoms. The van der Waals surface area contributed by atoms with Crippen LogP contribution in [0.4, 0.5) is 5.69 Å². The molecule has 0 radical (unpaired) electrons. The summed E-state index contributed by atoms with van der Waals surface area (Å²) in [5, 5.41) is 7.15. The van der Waals surface area contributed by atoms with Crippen LogP contribution in [-0.2, 0) is 22.2 Å². The van der Waals surface area contributed by atoms with E-state index in [-0.39, 0.29) is 16.7 Å². The Bertz CT molecular complexity index is 1580. The molecule has 1 aliphatic carbocycles. The summed E-state index contributed by atoms with van der Waals surface area (Å²) in [4.78, 5) is 23.9. The molecular weight excluding hydrogens is 510 g/mol. The van der Waals surface area contributed by atoms with Crippen LogP contribution in [0.15, 0.2) is 79.1 Å². The van der Waals surface area contributed by atoms with Crippen LogP contribution in [0.3, 0.4) is 0 Å². The fraction of sp³-hybridized carbons (Fsp3) is 0.286. The zero-order valence-electron chi connectivity index (χ0n) is 24.4. The van der Waals surface area contributed by atoms with Gasteiger partial charge in [-0.2, -0.15) is 5.10 Å². The third-order valence-corrected chi connectivity index (χ3v) is 7.99. The molecule has 0 unspecified atom stereocenters. The van der Waals surface area contributed by atoms with E-state index in [1.807, 2.05) is 35.3 Å². The van der Waals surface area contributed by atoms with Crippen LogP contribution >= 0.6 is 0 Å². The Morgan fingerprint density at radius 3 is 2.20 bits per heavy atom. The van der Waals surface area contributed by atoms with Crippen molar-refractivity contribution in [1.82, 2.24) is 9.78 Å². The minimum absolute atomic E-state index is 0.115. The lowest BCUT2D eigenvalue weighted by molar-refractivity contribution is -0.114. The molecule has 1 heterocycles. The summed E-state index contributed by atoms with van der Waals surface area (Å²) in [6, 6.07) is 20.8. The number of nitrogens with one attached hydrogen (secondary N) is 1. The van der Waals surface area contributed by atoms with E-state index in [0.717, 1.165) is 12.0 Å². The first-order chi connectivity index (χ1) is 19.5. The smallest absolute Gasteiger partial charge is 0.343 e. The molecule has 0 saturated heterocycles. The highest BCUT2D eigenvalue weighted by Crippen LogP contribution is 2.46. The van der Waals surface area contributed by atoms with Crippen LogP contribution in [0.5, 0.6) is 5.75 Å². The van der Waals surface area contributed by atoms with Gasteiger partial charge in [-0.05, 0) is 94.0 Å². The third-order valence-electron chi connectivity index (χ3n) is 7.99. The van der Waals surface area contributed by atoms with Crippen LogP contribution in [0, 0.1) is 0 Å². The second-order valence-corrected chi connectivity index (χ2v) is 12.1. The maximum atomic E-state index is 12.7. The molecule has 3 aromatic carbocycles. The Morgan fingerprint density at radius 2 is 1.59 bits per heavy atom. The summed E-state index contributed by atoms with van der Waals surface area (Å²) < 4.78 is 7.47. The van der Waals surface area contributed by atoms with Crippen molar-refractivity contribution < 1.29 is 14.3 Å². The molecular formula is C35H37N3O3. The number of nitrogens with zero attached hydrogens (tertiary/aromatic N) is 2. The predicted octanol–water partition coefficient (Wildman–Crippen LogP) is 7.63. The van der Waals surface area contributed by atoms with E-state index in [4.69, 9.17) is 4.74 Å². The fourth-order valence-electron chi connectivity index (χ4n) is 5.43. The van der Waals surface area contributed by atoms with Gasteiger partial charge in [0.1, 0.15) is 5.75 Å². The summed E-state index contributed by atoms with van der Waals surface area (Å²) in [5.41, 5.74) is 7.60. The van der Waals surface area contributed by atoms with E-state index in [1.54, 1.807) is 36.4 Å². The molecule has 4 aromatic rings. The monoisotopic (exact) mass is 547 g/mol. The summed E-state index contributed by atoms with van der Waals surface area (Å²) in [6.07, 6.45) is 10.4. The number of amides is 1. The number of anilines is 1. The molecule has 1 aliphatic rings. The number of aromatic nitrogens is 2. The summed E-state index contributed by atoms with van der Waals surface area (Å²) in [5.74, 6) is -0.178. The molecule has 0 spiro atoms. The minimum atomic E-state index is -0.436. The molecule has 1 N–H and O–H groups in total. The molecule has 210 valence electrons. The van der Waals surface area contributed by atoms with Crippen molar-refractivity contribution in [3.63, 3.8) is 0 Å². The summed E-state index contributed by atoms with van der Waals surface area (Å²) in [7, 11) is 0. The zero-order chi connectivity index (χ0) is 29.2. The number of carbonyl (C=O) groups is 2. The van der Waals surface area contributed by atoms with E-state index >= 15 is 0 Å². The zero-order valence-corrected chi connectivity index (χ0v) is 24.4. The Balaban J connectivity index is 1.37. The number of rotatable bonds is 7. The van der Waals surface area contributed by atoms with Crippen LogP contribution in [0.25, 0.3) is 12.2 Å². The third kappa shape index (κ3) is 6.49. The van der Waals surface area contributed by atoms with Gasteiger partial charge in [-0.1, -0.05) is 64.1 Å². The molecule has 0 saturated carbocycles. The van der Waals surface area contributed by atoms with Crippen LogP contribution in [0.2, 0.25) is 0 Å². The second-order valence-electron chi connectivity index (χ2n) is 12.1. The van der Waals surface area contributed by atoms with Gasteiger partial charge in [0.25, 0.3) is 0 Å². The lowest BCUT2D eigenvalue weighted by Crippen LogP contribution is -2.34. The van der Waals surface area contributed by atoms with Gasteiger partial charge in [-0.25, -0.2) is 4.79 Å². The maximum Gasteiger partial charge on any atom is 0.343 e. The Labute approximate surface area is 242 Å². The number of ether oxygens (including phenoxy) is 1. The lowest BCUT2D eigenvalue weighted by Gasteiger charge is -2.42. The molecule has 5 rings (SSSR count). The van der Waals surface area contributed by atoms with Crippen molar-refractivity contribution in [2.24, 2.45) is 0 Å². The van der Waals surface area contributed by atoms with Crippen molar-refractivity contribution in [3.8, 4) is 5.75 Å². The molecule has 1 aromatic heterocycles. The first-order valence-electron chi connectivity index (χ1n) is 14.0. The van der Waals surface area contributed by atoms with Crippen molar-refractivity contribution in [2.45, 2.75) is 64.8 Å². The van der Waals surface area contributed by atoms with E-state index in [0.29, 0.717) is 23.5 Å². The van der Waals surface area contributed by atoms with Gasteiger partial charge in [0.15, 0.2) is 0 Å². The van der Waals surface area contributed by atoms with Gasteiger partial charge in [0.05, 0.1) is 12.1 Å². The molecule has 0 fully saturated rings. The second kappa shape index (κ2) is 11.2. The highest BCUT2D eigenvalue weighted by Gasteiger charge is 2.37. The van der Waals surface area contributed by atoms with E-state index in [2.05, 4.69) is 62.4 Å². The van der Waals surface area contributed by atoms with Gasteiger partial charge in [-0.15, -0.1) is 0 Å². The van der Waals surface area contributed by atoms with Gasteiger partial charge in [0, 0.05) is 25.0 Å². The first-order valence-corrected chi connectivity index (χ1v) is 14.0. The van der Waals surface area contributed by atoms with Crippen LogP contribution in [0.1, 0.15) is 85.6 Å². The number of esters is 1. The van der Waals surface area contributed by atoms with Gasteiger partial charge in [-0.3, -0.25) is 9.48 Å². The van der Waals surface area contributed by atoms with Crippen molar-refractivity contribution in [2.75, 3.05) is 5.32 Å². The minimum Gasteiger partial charge on any atom is -0.423 e. The molecule has 6 heteroatoms. The number of benzene rings is 3. The molecule has 0 bridgehead atoms. The standard InChI is InChI=1S/C35H37N3O3/c1-24(39)37-29-13-15-30(16-14-29)41-33(40)26-10-7-25(8-11-26)9-12-27-21-31-32(35(4,5)18-17-34(31,2)3)22-28(27)23-38-20-6-19-36-38/h6-16,19-22H,17-18,23H2,1-5H3,(H,37,39)/b12-9+. The van der Waals surface area contributed by atoms with Gasteiger partial charge >= 0.3 is 5.97 Å². The molecule has 0 aliphatic heterocycles. The van der Waals surface area contributed by atoms with E-state index < -0.39 is 5.97 Å². The Kier molecular flexibility index (Phi) is 7.68. The van der Waals surface area contributed by atoms with E-state index in [9.17, 15) is 9.59 Å². The maximum absolute atomic E-state index is 12.7. The summed E-state index contributed by atoms with van der Waals surface area (Å²) >= 11 is 0. The summed E-state index contributed by atoms with van der Waals surface area (Å²) in [6.45, 7) is 11.5. The number of hydrogen-bond acceptors (Lipinski definition) is 4. The van der Waals surface area contributed by atoms with Crippen molar-refractivity contribution in [1.29, 1.82) is 0 Å². The van der Waals surface area contributed by atoms with Crippen LogP contribution in [-0.4, -0.2) is 21.7 Å². The Hall–Kier alpha value is -4.45. The first kappa shape index (κ1) is 28.1. The molecule has 1 amide bonds. The van der Waals surface area contributed by atoms with E-state index in [1.165, 1.54) is 35.6 Å². The number of carbonyl (C=O) groups excluding carboxylic acids is 2. The van der Waals surface area contributed by atoms with Crippen molar-refractivity contribution in [3.05, 3.63) is 113 Å². The average molecular weight is 548 g/mol. The van der Waals surface area contributed by atoms with Gasteiger partial charge < -0.3 is 10.1 Å². The fourth-order valence-corrected chi connectivity index (χ4v) is 5.43. The normalized spacial score (nSPS) is 15.3. The largest absolute Gasteiger partial charge is 0.423 e. The molecule has 0 atom stereocenters. The molecule has 6 nitrogen and oxygen atoms in total. The topological polar surface area (TPSA) is 73.2 Å². The number of hydrogen-bond donors (Lipinski definition) is 1. The lowest BCUT2D eigenvalue weighted by atomic mass is 9.62. The highest BCUT2D eigenvalue weighted by molar-refractivity contribution is 5.92. The van der Waals surface area contributed by atoms with Crippen LogP contribution < -0.4 is 10.1 Å². The Morgan fingerprint density at radius 1 is 0.927 bits per heavy atom. The van der Waals surface area contributed by atoms with Crippen molar-refractivity contribution >= 4 is 29.7 Å². The van der Waals surface area contributed by atoms with Gasteiger partial charge in [0.2, 0.25) is 5.91 Å². The average Bonchev–Trinajstić information content (AvgIpc) is 3.45. The quantitative estimate of drug-likeness (QED) is 0.147.